The van der Waals surface area contributed by atoms with E-state index in [0.29, 0.717) is 17.4 Å². The van der Waals surface area contributed by atoms with Gasteiger partial charge in [0.2, 0.25) is 0 Å². The van der Waals surface area contributed by atoms with Gasteiger partial charge in [-0.1, -0.05) is 20.8 Å². The number of fused-ring (bicyclic) bond motifs is 1. The number of nitrogens with one attached hydrogen (secondary N) is 1. The summed E-state index contributed by atoms with van der Waals surface area (Å²) in [5.41, 5.74) is 3.15. The summed E-state index contributed by atoms with van der Waals surface area (Å²) >= 11 is 0. The van der Waals surface area contributed by atoms with Crippen molar-refractivity contribution in [1.29, 1.82) is 5.26 Å². The van der Waals surface area contributed by atoms with Gasteiger partial charge in [-0.3, -0.25) is 0 Å². The Morgan fingerprint density at radius 3 is 2.74 bits per heavy atom. The van der Waals surface area contributed by atoms with Crippen molar-refractivity contribution in [2.45, 2.75) is 46.5 Å². The van der Waals surface area contributed by atoms with E-state index < -0.39 is 0 Å². The van der Waals surface area contributed by atoms with E-state index >= 15 is 0 Å². The fourth-order valence-corrected chi connectivity index (χ4v) is 2.35. The number of anilines is 1. The Hall–Kier alpha value is -1.56. The minimum absolute atomic E-state index is 0.573. The van der Waals surface area contributed by atoms with Crippen LogP contribution in [0.15, 0.2) is 6.07 Å². The number of rotatable bonds is 4. The number of hydrogen-bond donors (Lipinski definition) is 1. The van der Waals surface area contributed by atoms with E-state index in [1.807, 2.05) is 6.07 Å². The van der Waals surface area contributed by atoms with Crippen LogP contribution >= 0.6 is 0 Å². The molecule has 1 aromatic heterocycles. The van der Waals surface area contributed by atoms with Gasteiger partial charge >= 0.3 is 0 Å². The maximum atomic E-state index is 9.26. The molecule has 1 aliphatic rings. The van der Waals surface area contributed by atoms with Gasteiger partial charge in [-0.25, -0.2) is 4.98 Å². The van der Waals surface area contributed by atoms with Crippen molar-refractivity contribution < 1.29 is 0 Å². The summed E-state index contributed by atoms with van der Waals surface area (Å²) in [6.07, 6.45) is 4.56. The van der Waals surface area contributed by atoms with E-state index in [4.69, 9.17) is 0 Å². The molecule has 0 bridgehead atoms. The van der Waals surface area contributed by atoms with E-state index in [1.54, 1.807) is 0 Å². The second-order valence-electron chi connectivity index (χ2n) is 5.91. The van der Waals surface area contributed by atoms with Crippen LogP contribution in [0.2, 0.25) is 0 Å². The summed E-state index contributed by atoms with van der Waals surface area (Å²) in [6, 6.07) is 4.31. The lowest BCUT2D eigenvalue weighted by molar-refractivity contribution is 0.439. The quantitative estimate of drug-likeness (QED) is 0.897. The van der Waals surface area contributed by atoms with Gasteiger partial charge < -0.3 is 5.32 Å². The first-order valence-corrected chi connectivity index (χ1v) is 7.28. The van der Waals surface area contributed by atoms with Crippen LogP contribution in [-0.2, 0) is 12.8 Å². The first-order valence-electron chi connectivity index (χ1n) is 7.28. The lowest BCUT2D eigenvalue weighted by Gasteiger charge is -2.20. The van der Waals surface area contributed by atoms with Crippen LogP contribution in [0, 0.1) is 23.2 Å². The Balaban J connectivity index is 2.17. The molecule has 1 atom stereocenters. The van der Waals surface area contributed by atoms with Crippen molar-refractivity contribution in [2.24, 2.45) is 11.8 Å². The number of hydrogen-bond acceptors (Lipinski definition) is 3. The summed E-state index contributed by atoms with van der Waals surface area (Å²) in [5, 5.41) is 12.6. The van der Waals surface area contributed by atoms with Crippen molar-refractivity contribution in [3.05, 3.63) is 22.9 Å². The van der Waals surface area contributed by atoms with Gasteiger partial charge in [0, 0.05) is 12.2 Å². The molecule has 19 heavy (non-hydrogen) atoms. The van der Waals surface area contributed by atoms with Crippen LogP contribution in [0.1, 0.15) is 50.4 Å². The molecule has 2 rings (SSSR count). The summed E-state index contributed by atoms with van der Waals surface area (Å²) in [4.78, 5) is 4.68. The summed E-state index contributed by atoms with van der Waals surface area (Å²) < 4.78 is 0. The molecule has 102 valence electrons. The Morgan fingerprint density at radius 2 is 2.05 bits per heavy atom. The normalized spacial score (nSPS) is 15.7. The monoisotopic (exact) mass is 257 g/mol. The Labute approximate surface area is 116 Å². The van der Waals surface area contributed by atoms with Gasteiger partial charge in [-0.15, -0.1) is 0 Å². The van der Waals surface area contributed by atoms with Crippen LogP contribution in [0.5, 0.6) is 0 Å². The van der Waals surface area contributed by atoms with Crippen LogP contribution < -0.4 is 5.32 Å². The predicted octanol–water partition coefficient (Wildman–Crippen LogP) is 3.54. The van der Waals surface area contributed by atoms with Gasteiger partial charge in [-0.2, -0.15) is 5.26 Å². The molecule has 0 amide bonds. The van der Waals surface area contributed by atoms with Crippen molar-refractivity contribution in [2.75, 3.05) is 11.9 Å². The molecule has 1 aliphatic carbocycles. The number of nitrogens with zero attached hydrogens (tertiary/aromatic N) is 2. The van der Waals surface area contributed by atoms with Gasteiger partial charge in [0.25, 0.3) is 0 Å². The maximum absolute atomic E-state index is 9.26. The van der Waals surface area contributed by atoms with E-state index in [-0.39, 0.29) is 0 Å². The summed E-state index contributed by atoms with van der Waals surface area (Å²) in [7, 11) is 0. The van der Waals surface area contributed by atoms with Crippen molar-refractivity contribution in [3.63, 3.8) is 0 Å². The molecule has 3 nitrogen and oxygen atoms in total. The SMILES string of the molecule is CC(C)C(C)CNc1nc2c(cc1C#N)CCCC2. The van der Waals surface area contributed by atoms with Crippen LogP contribution in [0.25, 0.3) is 0 Å². The standard InChI is InChI=1S/C16H23N3/c1-11(2)12(3)10-18-16-14(9-17)8-13-6-4-5-7-15(13)19-16/h8,11-12H,4-7,10H2,1-3H3,(H,18,19). The lowest BCUT2D eigenvalue weighted by Crippen LogP contribution is -2.18. The smallest absolute Gasteiger partial charge is 0.144 e. The highest BCUT2D eigenvalue weighted by Crippen LogP contribution is 2.24. The summed E-state index contributed by atoms with van der Waals surface area (Å²) in [6.45, 7) is 7.54. The van der Waals surface area contributed by atoms with Gasteiger partial charge in [0.15, 0.2) is 0 Å². The topological polar surface area (TPSA) is 48.7 Å². The third kappa shape index (κ3) is 3.26. The highest BCUT2D eigenvalue weighted by molar-refractivity contribution is 5.54. The minimum atomic E-state index is 0.573. The molecule has 3 heteroatoms. The third-order valence-electron chi connectivity index (χ3n) is 4.15. The molecule has 0 spiro atoms. The maximum Gasteiger partial charge on any atom is 0.144 e. The van der Waals surface area contributed by atoms with Crippen LogP contribution in [0.4, 0.5) is 5.82 Å². The van der Waals surface area contributed by atoms with E-state index in [2.05, 4.69) is 37.1 Å². The molecular formula is C16H23N3. The number of pyridine rings is 1. The highest BCUT2D eigenvalue weighted by atomic mass is 15.0. The zero-order valence-electron chi connectivity index (χ0n) is 12.2. The molecule has 0 saturated heterocycles. The fraction of sp³-hybridized carbons (Fsp3) is 0.625. The first kappa shape index (κ1) is 13.9. The zero-order chi connectivity index (χ0) is 13.8. The molecule has 1 unspecified atom stereocenters. The molecule has 1 N–H and O–H groups in total. The summed E-state index contributed by atoms with van der Waals surface area (Å²) in [5.74, 6) is 1.98. The molecule has 0 fully saturated rings. The molecule has 1 heterocycles. The Bertz CT molecular complexity index is 486. The fourth-order valence-electron chi connectivity index (χ4n) is 2.35. The second kappa shape index (κ2) is 6.06. The predicted molar refractivity (Wildman–Crippen MR) is 78.1 cm³/mol. The number of aryl methyl sites for hydroxylation is 2. The average molecular weight is 257 g/mol. The molecular weight excluding hydrogens is 234 g/mol. The molecule has 0 radical (unpaired) electrons. The Kier molecular flexibility index (Phi) is 4.42. The van der Waals surface area contributed by atoms with Crippen molar-refractivity contribution in [1.82, 2.24) is 4.98 Å². The molecule has 0 aromatic carbocycles. The van der Waals surface area contributed by atoms with Gasteiger partial charge in [0.05, 0.1) is 5.56 Å². The average Bonchev–Trinajstić information content (AvgIpc) is 2.43. The van der Waals surface area contributed by atoms with E-state index in [9.17, 15) is 5.26 Å². The zero-order valence-corrected chi connectivity index (χ0v) is 12.2. The van der Waals surface area contributed by atoms with Crippen molar-refractivity contribution in [3.8, 4) is 6.07 Å². The lowest BCUT2D eigenvalue weighted by atomic mass is 9.94. The van der Waals surface area contributed by atoms with Crippen LogP contribution in [0.3, 0.4) is 0 Å². The Morgan fingerprint density at radius 1 is 1.32 bits per heavy atom. The third-order valence-corrected chi connectivity index (χ3v) is 4.15. The molecule has 0 aliphatic heterocycles. The minimum Gasteiger partial charge on any atom is -0.369 e. The largest absolute Gasteiger partial charge is 0.369 e. The van der Waals surface area contributed by atoms with E-state index in [0.717, 1.165) is 25.2 Å². The van der Waals surface area contributed by atoms with Crippen LogP contribution in [-0.4, -0.2) is 11.5 Å². The second-order valence-corrected chi connectivity index (χ2v) is 5.91. The number of nitriles is 1. The van der Waals surface area contributed by atoms with E-state index in [1.165, 1.54) is 24.1 Å². The van der Waals surface area contributed by atoms with Gasteiger partial charge in [0.1, 0.15) is 11.9 Å². The van der Waals surface area contributed by atoms with Gasteiger partial charge in [-0.05, 0) is 49.1 Å². The highest BCUT2D eigenvalue weighted by Gasteiger charge is 2.15. The molecule has 1 aromatic rings. The molecule has 0 saturated carbocycles. The van der Waals surface area contributed by atoms with Crippen molar-refractivity contribution >= 4 is 5.82 Å². The first-order chi connectivity index (χ1) is 9.11. The number of aromatic nitrogens is 1.